The number of aliphatic hydroxyl groups is 4. The molecule has 16 nitrogen and oxygen atoms in total. The van der Waals surface area contributed by atoms with E-state index in [1.54, 1.807) is 45.8 Å². The summed E-state index contributed by atoms with van der Waals surface area (Å²) in [5, 5.41) is 44.8. The van der Waals surface area contributed by atoms with E-state index in [1.165, 1.54) is 20.3 Å². The molecular weight excluding hydrogens is 873 g/mol. The van der Waals surface area contributed by atoms with Gasteiger partial charge >= 0.3 is 5.97 Å². The van der Waals surface area contributed by atoms with Crippen molar-refractivity contribution in [2.45, 2.75) is 152 Å². The molecule has 336 valence electrons. The molecule has 2 saturated heterocycles. The number of carbonyl (C=O) groups excluding carboxylic acids is 2. The molecule has 0 bridgehead atoms. The lowest BCUT2D eigenvalue weighted by atomic mass is 9.79. The van der Waals surface area contributed by atoms with Gasteiger partial charge in [-0.3, -0.25) is 9.59 Å². The van der Waals surface area contributed by atoms with Crippen molar-refractivity contribution in [3.8, 4) is 0 Å². The van der Waals surface area contributed by atoms with Crippen molar-refractivity contribution in [2.75, 3.05) is 48.1 Å². The first-order chi connectivity index (χ1) is 27.4. The molecule has 17 heteroatoms. The Hall–Kier alpha value is -1.17. The highest BCUT2D eigenvalue weighted by molar-refractivity contribution is 14.1. The van der Waals surface area contributed by atoms with Crippen LogP contribution in [-0.4, -0.2) is 169 Å². The Morgan fingerprint density at radius 2 is 1.47 bits per heavy atom. The Kier molecular flexibility index (Phi) is 21.6. The number of esters is 1. The van der Waals surface area contributed by atoms with E-state index in [4.69, 9.17) is 42.6 Å². The van der Waals surface area contributed by atoms with Gasteiger partial charge < -0.3 is 68.0 Å². The number of rotatable bonds is 14. The Bertz CT molecular complexity index is 1320. The van der Waals surface area contributed by atoms with Gasteiger partial charge in [-0.1, -0.05) is 31.6 Å². The fraction of sp³-hybridized carbons (Fsp3) is 0.854. The molecule has 0 aromatic heterocycles. The lowest BCUT2D eigenvalue weighted by Gasteiger charge is -2.47. The summed E-state index contributed by atoms with van der Waals surface area (Å²) in [4.78, 5) is 29.1. The average Bonchev–Trinajstić information content (AvgIpc) is 3.16. The molecule has 3 heterocycles. The zero-order valence-corrected chi connectivity index (χ0v) is 38.1. The third-order valence-corrected chi connectivity index (χ3v) is 12.5. The van der Waals surface area contributed by atoms with E-state index in [0.29, 0.717) is 18.8 Å². The van der Waals surface area contributed by atoms with Crippen molar-refractivity contribution >= 4 is 34.3 Å². The van der Waals surface area contributed by atoms with E-state index in [9.17, 15) is 30.0 Å². The summed E-state index contributed by atoms with van der Waals surface area (Å²) in [6.45, 7) is 13.2. The average molecular weight is 944 g/mol. The van der Waals surface area contributed by atoms with Crippen LogP contribution in [0.2, 0.25) is 0 Å². The van der Waals surface area contributed by atoms with Crippen molar-refractivity contribution in [2.24, 2.45) is 23.7 Å². The Morgan fingerprint density at radius 3 is 2.05 bits per heavy atom. The highest BCUT2D eigenvalue weighted by Crippen LogP contribution is 2.36. The molecule has 0 aromatic rings. The summed E-state index contributed by atoms with van der Waals surface area (Å²) < 4.78 is 53.0. The molecule has 0 saturated carbocycles. The second-order valence-corrected chi connectivity index (χ2v) is 17.2. The number of alkyl halides is 1. The molecule has 3 aliphatic heterocycles. The van der Waals surface area contributed by atoms with Gasteiger partial charge in [0.1, 0.15) is 24.4 Å². The number of ketones is 1. The quantitative estimate of drug-likeness (QED) is 0.0857. The van der Waals surface area contributed by atoms with Crippen molar-refractivity contribution in [3.63, 3.8) is 0 Å². The monoisotopic (exact) mass is 943 g/mol. The number of aliphatic hydroxyl groups excluding tert-OH is 4. The van der Waals surface area contributed by atoms with Gasteiger partial charge in [0.15, 0.2) is 28.8 Å². The standard InChI is InChI=1S/C41H70INO15/c1-12-52-31(53-13-2)18-26-17-22(4)28(44)15-14-21(3)16-27(20-54-41-38(51-11)37(50-10)34(48)25(7)56-41)39(42)57-30(46)19-29(45)23(5)36(26)58-40-35(49)32(43(8)9)33(47)24(6)55-40/h14-16,22-27,29,31-41,45,47-49H,12-13,17-20H2,1-11H3/b15-14+,21-16+/t22-,23+,24-,25-,26-,27-,29-,32+,33-,34-,35-,36-,37-,38-,39+,40+,41?/m1/s1. The minimum absolute atomic E-state index is 0.00233. The zero-order chi connectivity index (χ0) is 43.4. The number of hydrogen-bond acceptors (Lipinski definition) is 16. The smallest absolute Gasteiger partial charge is 0.309 e. The van der Waals surface area contributed by atoms with Gasteiger partial charge in [0.25, 0.3) is 0 Å². The second-order valence-electron chi connectivity index (χ2n) is 15.9. The molecule has 0 amide bonds. The first kappa shape index (κ1) is 51.2. The topological polar surface area (TPSA) is 201 Å². The summed E-state index contributed by atoms with van der Waals surface area (Å²) in [6, 6.07) is -0.728. The van der Waals surface area contributed by atoms with Gasteiger partial charge in [-0.05, 0) is 89.7 Å². The van der Waals surface area contributed by atoms with Crippen LogP contribution in [0.4, 0.5) is 0 Å². The largest absolute Gasteiger partial charge is 0.451 e. The minimum Gasteiger partial charge on any atom is -0.451 e. The van der Waals surface area contributed by atoms with Crippen LogP contribution < -0.4 is 0 Å². The summed E-state index contributed by atoms with van der Waals surface area (Å²) in [5.41, 5.74) is 0.708. The van der Waals surface area contributed by atoms with E-state index in [2.05, 4.69) is 0 Å². The summed E-state index contributed by atoms with van der Waals surface area (Å²) >= 11 is 2.00. The molecule has 4 N–H and O–H groups in total. The number of allylic oxidation sites excluding steroid dienone is 3. The molecule has 0 aliphatic carbocycles. The molecule has 58 heavy (non-hydrogen) atoms. The van der Waals surface area contributed by atoms with Gasteiger partial charge in [-0.2, -0.15) is 0 Å². The predicted octanol–water partition coefficient (Wildman–Crippen LogP) is 2.75. The van der Waals surface area contributed by atoms with E-state index in [1.807, 2.05) is 56.4 Å². The zero-order valence-electron chi connectivity index (χ0n) is 36.0. The Balaban J connectivity index is 2.02. The Labute approximate surface area is 357 Å². The number of hydrogen-bond donors (Lipinski definition) is 4. The first-order valence-electron chi connectivity index (χ1n) is 20.4. The number of carbonyl (C=O) groups is 2. The number of ether oxygens (including phenoxy) is 9. The SMILES string of the molecule is CCOC(C[C@H]1C[C@@H](C)C(=O)/C=C/C(C)=C/[C@H](COC2O[C@H](C)[C@@H](O)[C@@H](OC)[C@H]2OC)[C@@H](I)OC(=O)C[C@@H](O)[C@H](C)[C@H]1O[C@@H]1O[C@H](C)[C@@H](O)[C@H](N(C)C)[C@H]1O)OCC. The maximum Gasteiger partial charge on any atom is 0.309 e. The van der Waals surface area contributed by atoms with E-state index in [-0.39, 0.29) is 25.2 Å². The minimum atomic E-state index is -1.29. The molecule has 3 aliphatic rings. The van der Waals surface area contributed by atoms with Gasteiger partial charge in [-0.15, -0.1) is 0 Å². The van der Waals surface area contributed by atoms with E-state index >= 15 is 0 Å². The lowest BCUT2D eigenvalue weighted by Crippen LogP contribution is -2.63. The maximum atomic E-state index is 13.8. The summed E-state index contributed by atoms with van der Waals surface area (Å²) in [6.07, 6.45) is -5.83. The van der Waals surface area contributed by atoms with E-state index < -0.39 is 120 Å². The molecule has 1 unspecified atom stereocenters. The summed E-state index contributed by atoms with van der Waals surface area (Å²) in [7, 11) is 6.42. The number of halogens is 1. The van der Waals surface area contributed by atoms with Gasteiger partial charge in [-0.25, -0.2) is 0 Å². The number of methoxy groups -OCH3 is 2. The first-order valence-corrected chi connectivity index (χ1v) is 21.6. The molecule has 0 radical (unpaired) electrons. The van der Waals surface area contributed by atoms with Gasteiger partial charge in [0, 0.05) is 51.6 Å². The third-order valence-electron chi connectivity index (χ3n) is 11.3. The van der Waals surface area contributed by atoms with Crippen molar-refractivity contribution < 1.29 is 72.6 Å². The normalized spacial score (nSPS) is 41.6. The van der Waals surface area contributed by atoms with Crippen molar-refractivity contribution in [1.82, 2.24) is 4.90 Å². The van der Waals surface area contributed by atoms with Crippen LogP contribution in [-0.2, 0) is 52.2 Å². The van der Waals surface area contributed by atoms with Crippen LogP contribution in [0.5, 0.6) is 0 Å². The Morgan fingerprint density at radius 1 is 0.862 bits per heavy atom. The highest BCUT2D eigenvalue weighted by atomic mass is 127. The fourth-order valence-corrected chi connectivity index (χ4v) is 8.64. The van der Waals surface area contributed by atoms with Crippen LogP contribution in [0, 0.1) is 23.7 Å². The van der Waals surface area contributed by atoms with Crippen LogP contribution in [0.25, 0.3) is 0 Å². The van der Waals surface area contributed by atoms with Crippen LogP contribution in [0.15, 0.2) is 23.8 Å². The predicted molar refractivity (Wildman–Crippen MR) is 221 cm³/mol. The molecule has 2 fully saturated rings. The fourth-order valence-electron chi connectivity index (χ4n) is 7.95. The highest BCUT2D eigenvalue weighted by Gasteiger charge is 2.48. The number of nitrogens with zero attached hydrogens (tertiary/aromatic N) is 1. The van der Waals surface area contributed by atoms with E-state index in [0.717, 1.165) is 0 Å². The summed E-state index contributed by atoms with van der Waals surface area (Å²) in [5.74, 6) is -3.17. The number of cyclic esters (lactones) is 1. The van der Waals surface area contributed by atoms with Crippen molar-refractivity contribution in [3.05, 3.63) is 23.8 Å². The lowest BCUT2D eigenvalue weighted by molar-refractivity contribution is -0.306. The van der Waals surface area contributed by atoms with Crippen LogP contribution >= 0.6 is 22.6 Å². The molecule has 17 atom stereocenters. The number of likely N-dealkylation sites (N-methyl/N-ethyl adjacent to an activating group) is 1. The van der Waals surface area contributed by atoms with Gasteiger partial charge in [0.2, 0.25) is 0 Å². The second kappa shape index (κ2) is 24.5. The molecule has 3 rings (SSSR count). The molecule has 0 spiro atoms. The van der Waals surface area contributed by atoms with Crippen LogP contribution in [0.1, 0.15) is 67.7 Å². The molecule has 0 aromatic carbocycles. The van der Waals surface area contributed by atoms with Crippen LogP contribution in [0.3, 0.4) is 0 Å². The van der Waals surface area contributed by atoms with Crippen molar-refractivity contribution in [1.29, 1.82) is 0 Å². The molecular formula is C41H70INO15. The maximum absolute atomic E-state index is 13.8. The van der Waals surface area contributed by atoms with Gasteiger partial charge in [0.05, 0.1) is 49.6 Å². The third kappa shape index (κ3) is 13.9.